The Hall–Kier alpha value is -4.18. The van der Waals surface area contributed by atoms with Crippen LogP contribution < -0.4 is 29.1 Å². The lowest BCUT2D eigenvalue weighted by atomic mass is 9.95. The fraction of sp³-hybridized carbons (Fsp3) is 0.300. The average molecular weight is 737 g/mol. The summed E-state index contributed by atoms with van der Waals surface area (Å²) in [6.45, 7) is 4.79. The largest absolute Gasteiger partial charge is 0.490 e. The molecule has 2 heterocycles. The zero-order valence-corrected chi connectivity index (χ0v) is 27.2. The van der Waals surface area contributed by atoms with Crippen LogP contribution in [0.4, 0.5) is 0 Å². The topological polar surface area (TPSA) is 152 Å². The van der Waals surface area contributed by atoms with E-state index < -0.39 is 30.6 Å². The maximum Gasteiger partial charge on any atom is 0.343 e. The van der Waals surface area contributed by atoms with E-state index >= 15 is 0 Å². The Morgan fingerprint density at radius 2 is 1.75 bits per heavy atom. The summed E-state index contributed by atoms with van der Waals surface area (Å²) < 4.78 is 29.2. The molecule has 0 amide bonds. The van der Waals surface area contributed by atoms with Crippen molar-refractivity contribution in [2.24, 2.45) is 4.99 Å². The van der Waals surface area contributed by atoms with Gasteiger partial charge in [0.05, 0.1) is 45.7 Å². The Labute approximate surface area is 269 Å². The molecule has 0 radical (unpaired) electrons. The van der Waals surface area contributed by atoms with Crippen LogP contribution in [0.3, 0.4) is 0 Å². The highest BCUT2D eigenvalue weighted by Crippen LogP contribution is 2.36. The number of rotatable bonds is 12. The Morgan fingerprint density at radius 3 is 2.41 bits per heavy atom. The molecule has 0 fully saturated rings. The molecule has 0 bridgehead atoms. The number of hydrogen-bond donors (Lipinski definition) is 1. The van der Waals surface area contributed by atoms with Crippen LogP contribution in [0.25, 0.3) is 6.08 Å². The highest BCUT2D eigenvalue weighted by Gasteiger charge is 2.34. The van der Waals surface area contributed by atoms with Crippen LogP contribution in [-0.2, 0) is 23.9 Å². The minimum atomic E-state index is -1.09. The first kappa shape index (κ1) is 32.7. The minimum Gasteiger partial charge on any atom is -0.490 e. The zero-order chi connectivity index (χ0) is 32.0. The molecule has 0 saturated heterocycles. The Morgan fingerprint density at radius 1 is 1.02 bits per heavy atom. The summed E-state index contributed by atoms with van der Waals surface area (Å²) in [5.74, 6) is -1.25. The fourth-order valence-corrected chi connectivity index (χ4v) is 6.14. The molecule has 0 spiro atoms. The van der Waals surface area contributed by atoms with Crippen LogP contribution in [-0.4, -0.2) is 61.1 Å². The van der Waals surface area contributed by atoms with Gasteiger partial charge < -0.3 is 28.8 Å². The number of aliphatic carboxylic acids is 1. The van der Waals surface area contributed by atoms with Gasteiger partial charge in [-0.15, -0.1) is 0 Å². The van der Waals surface area contributed by atoms with Crippen molar-refractivity contribution in [2.45, 2.75) is 26.8 Å². The average Bonchev–Trinajstić information content (AvgIpc) is 3.28. The molecular formula is C30H29IN2O10S. The number of carbonyl (C=O) groups is 3. The molecule has 12 nitrogen and oxygen atoms in total. The number of allylic oxidation sites excluding steroid dienone is 1. The lowest BCUT2D eigenvalue weighted by Gasteiger charge is -2.25. The number of methoxy groups -OCH3 is 1. The van der Waals surface area contributed by atoms with Crippen LogP contribution >= 0.6 is 33.9 Å². The van der Waals surface area contributed by atoms with E-state index in [1.54, 1.807) is 63.2 Å². The zero-order valence-electron chi connectivity index (χ0n) is 24.2. The lowest BCUT2D eigenvalue weighted by molar-refractivity contribution is -0.143. The summed E-state index contributed by atoms with van der Waals surface area (Å²) in [5, 5.41) is 8.90. The van der Waals surface area contributed by atoms with Gasteiger partial charge >= 0.3 is 17.9 Å². The quantitative estimate of drug-likeness (QED) is 0.217. The van der Waals surface area contributed by atoms with Gasteiger partial charge in [0.25, 0.3) is 5.56 Å². The van der Waals surface area contributed by atoms with Gasteiger partial charge in [0, 0.05) is 0 Å². The molecule has 4 rings (SSSR count). The smallest absolute Gasteiger partial charge is 0.343 e. The Kier molecular flexibility index (Phi) is 10.8. The second-order valence-corrected chi connectivity index (χ2v) is 11.3. The lowest BCUT2D eigenvalue weighted by Crippen LogP contribution is -2.40. The van der Waals surface area contributed by atoms with E-state index in [0.29, 0.717) is 47.8 Å². The highest BCUT2D eigenvalue weighted by molar-refractivity contribution is 14.1. The van der Waals surface area contributed by atoms with Gasteiger partial charge in [-0.2, -0.15) is 0 Å². The summed E-state index contributed by atoms with van der Waals surface area (Å²) in [6, 6.07) is 9.18. The van der Waals surface area contributed by atoms with E-state index in [-0.39, 0.29) is 30.1 Å². The monoisotopic (exact) mass is 736 g/mol. The number of fused-ring (bicyclic) bond motifs is 1. The number of carboxylic acids is 1. The first-order valence-electron chi connectivity index (χ1n) is 13.4. The fourth-order valence-electron chi connectivity index (χ4n) is 4.40. The van der Waals surface area contributed by atoms with Gasteiger partial charge in [0.1, 0.15) is 5.75 Å². The Bertz CT molecular complexity index is 1810. The maximum absolute atomic E-state index is 14.0. The SMILES string of the molecule is CCOC(=O)C1=C(C)N=c2s/c(=C\c3ccc(OCC(=O)O)c(I)c3)c(=O)n2[C@H]1c1ccc(OCC(=O)OC)c(OCC)c1. The van der Waals surface area contributed by atoms with Crippen LogP contribution in [0.15, 0.2) is 57.5 Å². The van der Waals surface area contributed by atoms with E-state index in [9.17, 15) is 19.2 Å². The molecule has 1 N–H and O–H groups in total. The van der Waals surface area contributed by atoms with Crippen LogP contribution in [0.2, 0.25) is 0 Å². The standard InChI is InChI=1S/C30H29IN2O10S/c1-5-40-22-13-18(8-10-21(22)43-15-25(36)39-4)27-26(29(38)41-6-2)16(3)32-30-33(27)28(37)23(44-30)12-17-7-9-20(19(31)11-17)42-14-24(34)35/h7-13,27H,5-6,14-15H2,1-4H3,(H,34,35)/b23-12-/t27-/m0/s1. The van der Waals surface area contributed by atoms with Crippen molar-refractivity contribution >= 4 is 57.9 Å². The van der Waals surface area contributed by atoms with Crippen molar-refractivity contribution < 1.29 is 43.2 Å². The molecule has 1 aromatic heterocycles. The van der Waals surface area contributed by atoms with Crippen molar-refractivity contribution in [3.8, 4) is 17.2 Å². The third kappa shape index (κ3) is 7.30. The van der Waals surface area contributed by atoms with Crippen molar-refractivity contribution in [2.75, 3.05) is 33.5 Å². The predicted molar refractivity (Wildman–Crippen MR) is 168 cm³/mol. The van der Waals surface area contributed by atoms with Gasteiger partial charge in [-0.3, -0.25) is 9.36 Å². The first-order valence-corrected chi connectivity index (χ1v) is 15.3. The van der Waals surface area contributed by atoms with Crippen molar-refractivity contribution in [1.29, 1.82) is 0 Å². The predicted octanol–water partition coefficient (Wildman–Crippen LogP) is 2.82. The molecular weight excluding hydrogens is 707 g/mol. The summed E-state index contributed by atoms with van der Waals surface area (Å²) in [6.07, 6.45) is 1.70. The molecule has 0 unspecified atom stereocenters. The summed E-state index contributed by atoms with van der Waals surface area (Å²) in [4.78, 5) is 54.7. The molecule has 0 saturated carbocycles. The van der Waals surface area contributed by atoms with Crippen molar-refractivity contribution in [3.05, 3.63) is 82.1 Å². The van der Waals surface area contributed by atoms with E-state index in [1.165, 1.54) is 11.7 Å². The molecule has 1 aliphatic rings. The highest BCUT2D eigenvalue weighted by atomic mass is 127. The van der Waals surface area contributed by atoms with Crippen LogP contribution in [0.5, 0.6) is 17.2 Å². The number of ether oxygens (including phenoxy) is 5. The first-order chi connectivity index (χ1) is 21.1. The second-order valence-electron chi connectivity index (χ2n) is 9.18. The van der Waals surface area contributed by atoms with Gasteiger partial charge in [-0.05, 0) is 84.8 Å². The number of benzene rings is 2. The maximum atomic E-state index is 14.0. The van der Waals surface area contributed by atoms with Gasteiger partial charge in [0.2, 0.25) is 0 Å². The third-order valence-corrected chi connectivity index (χ3v) is 8.10. The van der Waals surface area contributed by atoms with E-state index in [4.69, 9.17) is 24.1 Å². The van der Waals surface area contributed by atoms with Gasteiger partial charge in [0.15, 0.2) is 29.5 Å². The van der Waals surface area contributed by atoms with Gasteiger partial charge in [-0.1, -0.05) is 23.5 Å². The molecule has 1 aliphatic heterocycles. The molecule has 232 valence electrons. The Balaban J connectivity index is 1.84. The normalized spacial score (nSPS) is 14.4. The summed E-state index contributed by atoms with van der Waals surface area (Å²) >= 11 is 3.20. The number of carbonyl (C=O) groups excluding carboxylic acids is 2. The molecule has 14 heteroatoms. The number of halogens is 1. The molecule has 1 atom stereocenters. The van der Waals surface area contributed by atoms with E-state index in [2.05, 4.69) is 9.73 Å². The number of aromatic nitrogens is 1. The van der Waals surface area contributed by atoms with E-state index in [0.717, 1.165) is 11.3 Å². The minimum absolute atomic E-state index is 0.127. The molecule has 0 aliphatic carbocycles. The van der Waals surface area contributed by atoms with Crippen molar-refractivity contribution in [1.82, 2.24) is 4.57 Å². The van der Waals surface area contributed by atoms with Crippen LogP contribution in [0, 0.1) is 3.57 Å². The number of thiazole rings is 1. The summed E-state index contributed by atoms with van der Waals surface area (Å²) in [7, 11) is 1.26. The summed E-state index contributed by atoms with van der Waals surface area (Å²) in [5.41, 5.74) is 1.45. The number of nitrogens with zero attached hydrogens (tertiary/aromatic N) is 2. The number of esters is 2. The second kappa shape index (κ2) is 14.5. The number of carboxylic acid groups (broad SMARTS) is 1. The van der Waals surface area contributed by atoms with Crippen molar-refractivity contribution in [3.63, 3.8) is 0 Å². The van der Waals surface area contributed by atoms with E-state index in [1.807, 2.05) is 22.6 Å². The molecule has 3 aromatic rings. The molecule has 2 aromatic carbocycles. The van der Waals surface area contributed by atoms with Gasteiger partial charge in [-0.25, -0.2) is 19.4 Å². The number of hydrogen-bond acceptors (Lipinski definition) is 11. The van der Waals surface area contributed by atoms with Crippen LogP contribution in [0.1, 0.15) is 37.9 Å². The molecule has 44 heavy (non-hydrogen) atoms. The third-order valence-electron chi connectivity index (χ3n) is 6.28.